The molecule has 1 aromatic carbocycles. The van der Waals surface area contributed by atoms with E-state index in [-0.39, 0.29) is 11.7 Å². The number of aromatic nitrogens is 2. The molecule has 5 N–H and O–H groups in total. The molecule has 1 aromatic heterocycles. The minimum absolute atomic E-state index is 0.154. The Bertz CT molecular complexity index is 637. The van der Waals surface area contributed by atoms with Gasteiger partial charge in [-0.15, -0.1) is 0 Å². The lowest BCUT2D eigenvalue weighted by Crippen LogP contribution is -2.38. The third-order valence-corrected chi connectivity index (χ3v) is 4.30. The number of hydrogen-bond donors (Lipinski definition) is 4. The second kappa shape index (κ2) is 5.42. The van der Waals surface area contributed by atoms with Crippen LogP contribution >= 0.6 is 0 Å². The van der Waals surface area contributed by atoms with Gasteiger partial charge in [0.15, 0.2) is 0 Å². The number of H-pyrrole nitrogens is 2. The van der Waals surface area contributed by atoms with Gasteiger partial charge < -0.3 is 21.0 Å². The van der Waals surface area contributed by atoms with E-state index in [0.29, 0.717) is 12.1 Å². The molecule has 108 valence electrons. The minimum Gasteiger partial charge on any atom is -0.328 e. The van der Waals surface area contributed by atoms with Crippen molar-refractivity contribution < 1.29 is 0 Å². The van der Waals surface area contributed by atoms with Crippen LogP contribution in [0.25, 0.3) is 11.0 Å². The molecule has 0 bridgehead atoms. The zero-order chi connectivity index (χ0) is 14.1. The van der Waals surface area contributed by atoms with E-state index in [9.17, 15) is 4.79 Å². The van der Waals surface area contributed by atoms with Gasteiger partial charge in [-0.1, -0.05) is 6.07 Å². The Hall–Kier alpha value is -1.59. The van der Waals surface area contributed by atoms with Gasteiger partial charge >= 0.3 is 5.69 Å². The van der Waals surface area contributed by atoms with Crippen molar-refractivity contribution in [2.45, 2.75) is 50.7 Å². The SMILES string of the molecule is CC(NC1CCC(N)CC1)c1ccc2[nH]c(=O)[nH]c2c1. The molecule has 0 aliphatic heterocycles. The third kappa shape index (κ3) is 2.78. The van der Waals surface area contributed by atoms with Crippen LogP contribution in [-0.2, 0) is 0 Å². The molecule has 0 spiro atoms. The fourth-order valence-electron chi connectivity index (χ4n) is 3.06. The Morgan fingerprint density at radius 1 is 1.20 bits per heavy atom. The van der Waals surface area contributed by atoms with Crippen LogP contribution in [0.1, 0.15) is 44.2 Å². The van der Waals surface area contributed by atoms with Crippen LogP contribution in [0.15, 0.2) is 23.0 Å². The molecule has 5 nitrogen and oxygen atoms in total. The summed E-state index contributed by atoms with van der Waals surface area (Å²) >= 11 is 0. The van der Waals surface area contributed by atoms with E-state index in [0.717, 1.165) is 36.7 Å². The Morgan fingerprint density at radius 2 is 1.90 bits per heavy atom. The lowest BCUT2D eigenvalue weighted by Gasteiger charge is -2.29. The van der Waals surface area contributed by atoms with E-state index >= 15 is 0 Å². The summed E-state index contributed by atoms with van der Waals surface area (Å²) in [4.78, 5) is 16.9. The predicted octanol–water partition coefficient (Wildman–Crippen LogP) is 1.78. The van der Waals surface area contributed by atoms with Crippen LogP contribution in [0.5, 0.6) is 0 Å². The summed E-state index contributed by atoms with van der Waals surface area (Å²) in [6.45, 7) is 2.17. The highest BCUT2D eigenvalue weighted by Gasteiger charge is 2.20. The van der Waals surface area contributed by atoms with Crippen LogP contribution in [-0.4, -0.2) is 22.1 Å². The number of hydrogen-bond acceptors (Lipinski definition) is 3. The Labute approximate surface area is 118 Å². The third-order valence-electron chi connectivity index (χ3n) is 4.30. The van der Waals surface area contributed by atoms with Crippen molar-refractivity contribution in [1.82, 2.24) is 15.3 Å². The second-order valence-corrected chi connectivity index (χ2v) is 5.88. The predicted molar refractivity (Wildman–Crippen MR) is 80.7 cm³/mol. The molecule has 0 amide bonds. The van der Waals surface area contributed by atoms with E-state index in [4.69, 9.17) is 5.73 Å². The molecule has 1 fully saturated rings. The van der Waals surface area contributed by atoms with Gasteiger partial charge in [-0.05, 0) is 50.3 Å². The first-order chi connectivity index (χ1) is 9.61. The standard InChI is InChI=1S/C15H22N4O/c1-9(17-12-5-3-11(16)4-6-12)10-2-7-13-14(8-10)19-15(20)18-13/h2,7-9,11-12,17H,3-6,16H2,1H3,(H2,18,19,20). The minimum atomic E-state index is -0.154. The normalized spacial score (nSPS) is 24.9. The first-order valence-corrected chi connectivity index (χ1v) is 7.35. The van der Waals surface area contributed by atoms with Gasteiger partial charge in [-0.3, -0.25) is 0 Å². The highest BCUT2D eigenvalue weighted by Crippen LogP contribution is 2.22. The average molecular weight is 274 g/mol. The number of benzene rings is 1. The summed E-state index contributed by atoms with van der Waals surface area (Å²) in [6, 6.07) is 7.27. The topological polar surface area (TPSA) is 86.7 Å². The van der Waals surface area contributed by atoms with Gasteiger partial charge in [0.2, 0.25) is 0 Å². The second-order valence-electron chi connectivity index (χ2n) is 5.88. The van der Waals surface area contributed by atoms with Crippen molar-refractivity contribution in [1.29, 1.82) is 0 Å². The van der Waals surface area contributed by atoms with Gasteiger partial charge in [-0.25, -0.2) is 4.79 Å². The molecule has 1 atom stereocenters. The van der Waals surface area contributed by atoms with Crippen molar-refractivity contribution >= 4 is 11.0 Å². The molecule has 1 aliphatic carbocycles. The van der Waals surface area contributed by atoms with Crippen molar-refractivity contribution in [2.75, 3.05) is 0 Å². The van der Waals surface area contributed by atoms with E-state index in [1.165, 1.54) is 5.56 Å². The van der Waals surface area contributed by atoms with Crippen LogP contribution in [0.2, 0.25) is 0 Å². The van der Waals surface area contributed by atoms with E-state index in [1.807, 2.05) is 12.1 Å². The zero-order valence-electron chi connectivity index (χ0n) is 11.8. The number of aromatic amines is 2. The van der Waals surface area contributed by atoms with E-state index in [2.05, 4.69) is 28.3 Å². The number of nitrogens with two attached hydrogens (primary N) is 1. The van der Waals surface area contributed by atoms with Gasteiger partial charge in [0, 0.05) is 18.1 Å². The largest absolute Gasteiger partial charge is 0.328 e. The number of imidazole rings is 1. The molecule has 1 saturated carbocycles. The molecule has 0 saturated heterocycles. The number of fused-ring (bicyclic) bond motifs is 1. The van der Waals surface area contributed by atoms with Gasteiger partial charge in [0.05, 0.1) is 11.0 Å². The number of nitrogens with one attached hydrogen (secondary N) is 3. The summed E-state index contributed by atoms with van der Waals surface area (Å²) in [5, 5.41) is 3.67. The fraction of sp³-hybridized carbons (Fsp3) is 0.533. The molecule has 2 aromatic rings. The zero-order valence-corrected chi connectivity index (χ0v) is 11.8. The fourth-order valence-corrected chi connectivity index (χ4v) is 3.06. The van der Waals surface area contributed by atoms with Gasteiger partial charge in [0.1, 0.15) is 0 Å². The monoisotopic (exact) mass is 274 g/mol. The molecule has 1 aliphatic rings. The lowest BCUT2D eigenvalue weighted by atomic mass is 9.91. The maximum Gasteiger partial charge on any atom is 0.323 e. The average Bonchev–Trinajstić information content (AvgIpc) is 2.80. The first kappa shape index (κ1) is 13.4. The maximum atomic E-state index is 11.3. The summed E-state index contributed by atoms with van der Waals surface area (Å²) < 4.78 is 0. The Morgan fingerprint density at radius 3 is 2.65 bits per heavy atom. The van der Waals surface area contributed by atoms with E-state index < -0.39 is 0 Å². The molecule has 0 radical (unpaired) electrons. The highest BCUT2D eigenvalue weighted by atomic mass is 16.1. The van der Waals surface area contributed by atoms with Gasteiger partial charge in [0.25, 0.3) is 0 Å². The molecule has 5 heteroatoms. The Kier molecular flexibility index (Phi) is 3.63. The summed E-state index contributed by atoms with van der Waals surface area (Å²) in [5.74, 6) is 0. The van der Waals surface area contributed by atoms with Gasteiger partial charge in [-0.2, -0.15) is 0 Å². The first-order valence-electron chi connectivity index (χ1n) is 7.35. The molecular formula is C15H22N4O. The summed E-state index contributed by atoms with van der Waals surface area (Å²) in [5.41, 5.74) is 8.71. The quantitative estimate of drug-likeness (QED) is 0.688. The molecule has 20 heavy (non-hydrogen) atoms. The molecular weight excluding hydrogens is 252 g/mol. The van der Waals surface area contributed by atoms with Crippen LogP contribution in [0.4, 0.5) is 0 Å². The highest BCUT2D eigenvalue weighted by molar-refractivity contribution is 5.75. The van der Waals surface area contributed by atoms with Crippen molar-refractivity contribution in [3.63, 3.8) is 0 Å². The molecule has 1 heterocycles. The Balaban J connectivity index is 1.71. The smallest absolute Gasteiger partial charge is 0.323 e. The number of rotatable bonds is 3. The molecule has 1 unspecified atom stereocenters. The molecule has 3 rings (SSSR count). The van der Waals surface area contributed by atoms with Crippen LogP contribution in [0.3, 0.4) is 0 Å². The van der Waals surface area contributed by atoms with Crippen molar-refractivity contribution in [3.05, 3.63) is 34.2 Å². The van der Waals surface area contributed by atoms with Crippen molar-refractivity contribution in [2.24, 2.45) is 5.73 Å². The maximum absolute atomic E-state index is 11.3. The van der Waals surface area contributed by atoms with Crippen LogP contribution in [0, 0.1) is 0 Å². The van der Waals surface area contributed by atoms with E-state index in [1.54, 1.807) is 0 Å². The lowest BCUT2D eigenvalue weighted by molar-refractivity contribution is 0.322. The summed E-state index contributed by atoms with van der Waals surface area (Å²) in [7, 11) is 0. The summed E-state index contributed by atoms with van der Waals surface area (Å²) in [6.07, 6.45) is 4.51. The van der Waals surface area contributed by atoms with Crippen LogP contribution < -0.4 is 16.7 Å². The van der Waals surface area contributed by atoms with Crippen molar-refractivity contribution in [3.8, 4) is 0 Å².